The van der Waals surface area contributed by atoms with Gasteiger partial charge in [-0.3, -0.25) is 0 Å². The van der Waals surface area contributed by atoms with Gasteiger partial charge >= 0.3 is 13.2 Å². The zero-order chi connectivity index (χ0) is 17.5. The molecule has 2 heterocycles. The molecule has 0 aromatic carbocycles. The number of piperidine rings is 1. The highest BCUT2D eigenvalue weighted by atomic mass is 16.7. The van der Waals surface area contributed by atoms with Crippen molar-refractivity contribution in [3.8, 4) is 0 Å². The van der Waals surface area contributed by atoms with Gasteiger partial charge in [0.1, 0.15) is 5.60 Å². The van der Waals surface area contributed by atoms with E-state index < -0.39 is 5.60 Å². The van der Waals surface area contributed by atoms with Crippen LogP contribution in [0.2, 0.25) is 6.32 Å². The molecule has 0 bridgehead atoms. The zero-order valence-electron chi connectivity index (χ0n) is 15.8. The van der Waals surface area contributed by atoms with E-state index in [0.29, 0.717) is 6.32 Å². The Morgan fingerprint density at radius 3 is 2.26 bits per heavy atom. The minimum absolute atomic E-state index is 0.119. The van der Waals surface area contributed by atoms with Gasteiger partial charge in [-0.1, -0.05) is 0 Å². The maximum Gasteiger partial charge on any atom is 0.459 e. The smallest absolute Gasteiger partial charge is 0.444 e. The molecule has 1 unspecified atom stereocenters. The van der Waals surface area contributed by atoms with E-state index in [1.165, 1.54) is 0 Å². The van der Waals surface area contributed by atoms with Gasteiger partial charge in [0, 0.05) is 18.9 Å². The summed E-state index contributed by atoms with van der Waals surface area (Å²) in [5.74, 6) is 0. The third kappa shape index (κ3) is 4.41. The average molecular weight is 325 g/mol. The summed E-state index contributed by atoms with van der Waals surface area (Å²) < 4.78 is 17.7. The Balaban J connectivity index is 2.01. The van der Waals surface area contributed by atoms with Crippen molar-refractivity contribution in [1.29, 1.82) is 0 Å². The van der Waals surface area contributed by atoms with Gasteiger partial charge in [-0.25, -0.2) is 4.79 Å². The van der Waals surface area contributed by atoms with E-state index in [1.807, 2.05) is 25.7 Å². The van der Waals surface area contributed by atoms with Crippen LogP contribution in [0.4, 0.5) is 4.79 Å². The van der Waals surface area contributed by atoms with Gasteiger partial charge in [0.25, 0.3) is 0 Å². The molecule has 23 heavy (non-hydrogen) atoms. The molecular formula is C17H32BNO4. The lowest BCUT2D eigenvalue weighted by Gasteiger charge is -2.37. The van der Waals surface area contributed by atoms with Gasteiger partial charge in [0.2, 0.25) is 0 Å². The van der Waals surface area contributed by atoms with Crippen LogP contribution in [0, 0.1) is 0 Å². The monoisotopic (exact) mass is 325 g/mol. The van der Waals surface area contributed by atoms with Crippen molar-refractivity contribution in [2.45, 2.75) is 96.9 Å². The second-order valence-electron chi connectivity index (χ2n) is 8.74. The van der Waals surface area contributed by atoms with Crippen LogP contribution in [-0.4, -0.2) is 47.5 Å². The summed E-state index contributed by atoms with van der Waals surface area (Å²) in [6, 6.07) is 0.119. The van der Waals surface area contributed by atoms with Gasteiger partial charge in [-0.05, 0) is 67.7 Å². The molecule has 2 fully saturated rings. The van der Waals surface area contributed by atoms with Crippen molar-refractivity contribution >= 4 is 13.2 Å². The molecule has 6 heteroatoms. The number of carbonyl (C=O) groups excluding carboxylic acids is 1. The summed E-state index contributed by atoms with van der Waals surface area (Å²) in [4.78, 5) is 14.3. The first-order chi connectivity index (χ1) is 10.4. The molecule has 0 radical (unpaired) electrons. The Labute approximate surface area is 141 Å². The molecule has 132 valence electrons. The van der Waals surface area contributed by atoms with Crippen LogP contribution in [-0.2, 0) is 14.0 Å². The quantitative estimate of drug-likeness (QED) is 0.723. The number of nitrogens with zero attached hydrogens (tertiary/aromatic N) is 1. The van der Waals surface area contributed by atoms with E-state index in [1.54, 1.807) is 0 Å². The predicted molar refractivity (Wildman–Crippen MR) is 91.5 cm³/mol. The van der Waals surface area contributed by atoms with E-state index in [4.69, 9.17) is 14.0 Å². The van der Waals surface area contributed by atoms with Crippen molar-refractivity contribution in [2.75, 3.05) is 6.54 Å². The molecule has 0 saturated carbocycles. The number of amides is 1. The fraction of sp³-hybridized carbons (Fsp3) is 0.941. The first-order valence-corrected chi connectivity index (χ1v) is 8.76. The Hall–Kier alpha value is -0.745. The van der Waals surface area contributed by atoms with Crippen LogP contribution in [0.25, 0.3) is 0 Å². The van der Waals surface area contributed by atoms with Crippen LogP contribution in [0.3, 0.4) is 0 Å². The second kappa shape index (κ2) is 6.28. The van der Waals surface area contributed by atoms with Gasteiger partial charge < -0.3 is 18.9 Å². The second-order valence-corrected chi connectivity index (χ2v) is 8.74. The first-order valence-electron chi connectivity index (χ1n) is 8.76. The topological polar surface area (TPSA) is 48.0 Å². The Morgan fingerprint density at radius 1 is 1.17 bits per heavy atom. The molecule has 2 aliphatic rings. The minimum atomic E-state index is -0.469. The summed E-state index contributed by atoms with van der Waals surface area (Å²) in [5.41, 5.74) is -1.13. The number of carbonyl (C=O) groups is 1. The van der Waals surface area contributed by atoms with Gasteiger partial charge in [-0.15, -0.1) is 0 Å². The zero-order valence-corrected chi connectivity index (χ0v) is 15.8. The third-order valence-electron chi connectivity index (χ3n) is 5.02. The summed E-state index contributed by atoms with van der Waals surface area (Å²) in [7, 11) is -0.270. The fourth-order valence-corrected chi connectivity index (χ4v) is 3.09. The third-order valence-corrected chi connectivity index (χ3v) is 5.02. The predicted octanol–water partition coefficient (Wildman–Crippen LogP) is 3.87. The maximum atomic E-state index is 12.5. The lowest BCUT2D eigenvalue weighted by molar-refractivity contribution is 0.00578. The standard InChI is InChI=1S/C17H32BNO4/c1-15(2,3)21-14(20)19-11-9-8-10-13(19)12-18-22-16(4,5)17(6,7)23-18/h13H,8-12H2,1-7H3. The number of hydrogen-bond acceptors (Lipinski definition) is 4. The van der Waals surface area contributed by atoms with Gasteiger partial charge in [0.15, 0.2) is 0 Å². The maximum absolute atomic E-state index is 12.5. The molecule has 2 rings (SSSR count). The van der Waals surface area contributed by atoms with E-state index >= 15 is 0 Å². The molecule has 1 amide bonds. The molecule has 0 spiro atoms. The van der Waals surface area contributed by atoms with E-state index in [2.05, 4.69) is 27.7 Å². The highest BCUT2D eigenvalue weighted by Crippen LogP contribution is 2.39. The molecule has 2 saturated heterocycles. The Kier molecular flexibility index (Phi) is 5.08. The van der Waals surface area contributed by atoms with Crippen LogP contribution >= 0.6 is 0 Å². The number of ether oxygens (including phenoxy) is 1. The summed E-state index contributed by atoms with van der Waals surface area (Å²) in [6.07, 6.45) is 3.61. The highest BCUT2D eigenvalue weighted by molar-refractivity contribution is 6.45. The largest absolute Gasteiger partial charge is 0.459 e. The fourth-order valence-electron chi connectivity index (χ4n) is 3.09. The SMILES string of the molecule is CC(C)(C)OC(=O)N1CCCCC1CB1OC(C)(C)C(C)(C)O1. The molecule has 5 nitrogen and oxygen atoms in total. The average Bonchev–Trinajstić information content (AvgIpc) is 2.55. The van der Waals surface area contributed by atoms with Crippen molar-refractivity contribution in [3.63, 3.8) is 0 Å². The van der Waals surface area contributed by atoms with E-state index in [-0.39, 0.29) is 30.5 Å². The molecule has 0 aliphatic carbocycles. The summed E-state index contributed by atoms with van der Waals surface area (Å²) in [5, 5.41) is 0. The summed E-state index contributed by atoms with van der Waals surface area (Å²) >= 11 is 0. The van der Waals surface area contributed by atoms with Crippen molar-refractivity contribution in [2.24, 2.45) is 0 Å². The molecule has 0 aromatic rings. The van der Waals surface area contributed by atoms with Crippen LogP contribution < -0.4 is 0 Å². The first kappa shape index (κ1) is 18.6. The van der Waals surface area contributed by atoms with Crippen molar-refractivity contribution in [1.82, 2.24) is 4.90 Å². The molecule has 2 aliphatic heterocycles. The lowest BCUT2D eigenvalue weighted by atomic mass is 9.77. The number of hydrogen-bond donors (Lipinski definition) is 0. The van der Waals surface area contributed by atoms with Crippen LogP contribution in [0.1, 0.15) is 67.7 Å². The Bertz CT molecular complexity index is 428. The van der Waals surface area contributed by atoms with E-state index in [9.17, 15) is 4.79 Å². The molecule has 0 N–H and O–H groups in total. The number of rotatable bonds is 2. The van der Waals surface area contributed by atoms with Crippen molar-refractivity contribution in [3.05, 3.63) is 0 Å². The number of likely N-dealkylation sites (tertiary alicyclic amines) is 1. The lowest BCUT2D eigenvalue weighted by Crippen LogP contribution is -2.47. The van der Waals surface area contributed by atoms with Crippen LogP contribution in [0.15, 0.2) is 0 Å². The van der Waals surface area contributed by atoms with Gasteiger partial charge in [0.05, 0.1) is 11.2 Å². The summed E-state index contributed by atoms with van der Waals surface area (Å²) in [6.45, 7) is 14.7. The van der Waals surface area contributed by atoms with Crippen molar-refractivity contribution < 1.29 is 18.8 Å². The normalized spacial score (nSPS) is 27.2. The Morgan fingerprint density at radius 2 is 1.74 bits per heavy atom. The molecule has 1 atom stereocenters. The van der Waals surface area contributed by atoms with Gasteiger partial charge in [-0.2, -0.15) is 0 Å². The highest BCUT2D eigenvalue weighted by Gasteiger charge is 2.52. The van der Waals surface area contributed by atoms with E-state index in [0.717, 1.165) is 25.8 Å². The molecular weight excluding hydrogens is 293 g/mol. The molecule has 0 aromatic heterocycles. The minimum Gasteiger partial charge on any atom is -0.444 e. The van der Waals surface area contributed by atoms with Crippen LogP contribution in [0.5, 0.6) is 0 Å².